The molecule has 2 N–H and O–H groups in total. The highest BCUT2D eigenvalue weighted by molar-refractivity contribution is 5.85. The van der Waals surface area contributed by atoms with Crippen LogP contribution in [0.5, 0.6) is 0 Å². The first-order valence-electron chi connectivity index (χ1n) is 4.53. The normalized spacial score (nSPS) is 21.3. The maximum atomic E-state index is 5.55. The van der Waals surface area contributed by atoms with E-state index in [0.29, 0.717) is 0 Å². The van der Waals surface area contributed by atoms with E-state index in [9.17, 15) is 0 Å². The Hall–Kier alpha value is 0.250. The maximum absolute atomic E-state index is 5.55. The average Bonchev–Trinajstić information content (AvgIpc) is 2.40. The minimum Gasteiger partial charge on any atom is -0.330 e. The number of halogens is 1. The zero-order valence-electron chi connectivity index (χ0n) is 7.38. The molecule has 1 aliphatic carbocycles. The van der Waals surface area contributed by atoms with Gasteiger partial charge in [0.25, 0.3) is 0 Å². The number of hydrogen-bond donors (Lipinski definition) is 1. The van der Waals surface area contributed by atoms with Crippen LogP contribution in [0.2, 0.25) is 0 Å². The summed E-state index contributed by atoms with van der Waals surface area (Å²) in [6.45, 7) is 3.13. The lowest BCUT2D eigenvalue weighted by molar-refractivity contribution is 0.403. The van der Waals surface area contributed by atoms with E-state index in [2.05, 4.69) is 6.92 Å². The van der Waals surface area contributed by atoms with Crippen LogP contribution in [-0.4, -0.2) is 6.54 Å². The molecular weight excluding hydrogens is 158 g/mol. The molecule has 1 unspecified atom stereocenters. The van der Waals surface area contributed by atoms with E-state index >= 15 is 0 Å². The molecule has 0 aromatic heterocycles. The van der Waals surface area contributed by atoms with Crippen molar-refractivity contribution in [2.45, 2.75) is 39.0 Å². The van der Waals surface area contributed by atoms with E-state index in [-0.39, 0.29) is 12.4 Å². The van der Waals surface area contributed by atoms with Gasteiger partial charge in [-0.3, -0.25) is 0 Å². The van der Waals surface area contributed by atoms with Crippen molar-refractivity contribution in [3.05, 3.63) is 0 Å². The highest BCUT2D eigenvalue weighted by Crippen LogP contribution is 2.29. The molecule has 0 aliphatic heterocycles. The molecule has 0 aromatic carbocycles. The van der Waals surface area contributed by atoms with Crippen molar-refractivity contribution < 1.29 is 0 Å². The fraction of sp³-hybridized carbons (Fsp3) is 1.00. The topological polar surface area (TPSA) is 26.0 Å². The van der Waals surface area contributed by atoms with Crippen LogP contribution in [0.1, 0.15) is 39.0 Å². The largest absolute Gasteiger partial charge is 0.330 e. The molecule has 1 rings (SSSR count). The minimum absolute atomic E-state index is 0. The highest BCUT2D eigenvalue weighted by atomic mass is 35.5. The lowest BCUT2D eigenvalue weighted by Crippen LogP contribution is -2.13. The molecule has 0 aromatic rings. The molecule has 68 valence electrons. The maximum Gasteiger partial charge on any atom is -0.00514 e. The van der Waals surface area contributed by atoms with Crippen LogP contribution in [0.4, 0.5) is 0 Å². The van der Waals surface area contributed by atoms with Crippen LogP contribution in [0.25, 0.3) is 0 Å². The number of rotatable bonds is 3. The quantitative estimate of drug-likeness (QED) is 0.705. The molecular formula is C9H20ClN. The first-order chi connectivity index (χ1) is 4.83. The molecule has 1 saturated carbocycles. The van der Waals surface area contributed by atoms with Crippen molar-refractivity contribution in [2.75, 3.05) is 6.54 Å². The molecule has 0 bridgehead atoms. The van der Waals surface area contributed by atoms with Gasteiger partial charge in [0.15, 0.2) is 0 Å². The van der Waals surface area contributed by atoms with Gasteiger partial charge in [-0.15, -0.1) is 12.4 Å². The Labute approximate surface area is 76.1 Å². The van der Waals surface area contributed by atoms with E-state index in [0.717, 1.165) is 18.4 Å². The van der Waals surface area contributed by atoms with Crippen molar-refractivity contribution in [3.8, 4) is 0 Å². The summed E-state index contributed by atoms with van der Waals surface area (Å²) in [5.41, 5.74) is 5.55. The fourth-order valence-electron chi connectivity index (χ4n) is 1.91. The summed E-state index contributed by atoms with van der Waals surface area (Å²) in [6, 6.07) is 0. The first-order valence-corrected chi connectivity index (χ1v) is 4.53. The average molecular weight is 178 g/mol. The third kappa shape index (κ3) is 3.97. The van der Waals surface area contributed by atoms with Crippen molar-refractivity contribution in [3.63, 3.8) is 0 Å². The van der Waals surface area contributed by atoms with Gasteiger partial charge < -0.3 is 5.73 Å². The van der Waals surface area contributed by atoms with Crippen molar-refractivity contribution in [1.29, 1.82) is 0 Å². The Bertz CT molecular complexity index is 89.6. The highest BCUT2D eigenvalue weighted by Gasteiger charge is 2.16. The Balaban J connectivity index is 0.000001000. The summed E-state index contributed by atoms with van der Waals surface area (Å²) in [5.74, 6) is 1.77. The third-order valence-corrected chi connectivity index (χ3v) is 2.61. The van der Waals surface area contributed by atoms with E-state index in [4.69, 9.17) is 5.73 Å². The van der Waals surface area contributed by atoms with E-state index in [1.165, 1.54) is 32.1 Å². The van der Waals surface area contributed by atoms with E-state index in [1.54, 1.807) is 0 Å². The zero-order chi connectivity index (χ0) is 7.40. The van der Waals surface area contributed by atoms with E-state index in [1.807, 2.05) is 0 Å². The van der Waals surface area contributed by atoms with Gasteiger partial charge in [0, 0.05) is 0 Å². The summed E-state index contributed by atoms with van der Waals surface area (Å²) >= 11 is 0. The SMILES string of the molecule is CC(CN)CC1CCCC1.Cl. The van der Waals surface area contributed by atoms with Crippen molar-refractivity contribution in [1.82, 2.24) is 0 Å². The van der Waals surface area contributed by atoms with Gasteiger partial charge in [-0.05, 0) is 24.8 Å². The number of nitrogens with two attached hydrogens (primary N) is 1. The molecule has 2 heteroatoms. The molecule has 0 amide bonds. The minimum atomic E-state index is 0. The summed E-state index contributed by atoms with van der Waals surface area (Å²) in [6.07, 6.45) is 7.22. The number of hydrogen-bond acceptors (Lipinski definition) is 1. The van der Waals surface area contributed by atoms with Crippen LogP contribution in [-0.2, 0) is 0 Å². The van der Waals surface area contributed by atoms with Gasteiger partial charge in [0.05, 0.1) is 0 Å². The summed E-state index contributed by atoms with van der Waals surface area (Å²) in [4.78, 5) is 0. The monoisotopic (exact) mass is 177 g/mol. The fourth-order valence-corrected chi connectivity index (χ4v) is 1.91. The second-order valence-electron chi connectivity index (χ2n) is 3.73. The third-order valence-electron chi connectivity index (χ3n) is 2.61. The van der Waals surface area contributed by atoms with Gasteiger partial charge in [0.2, 0.25) is 0 Å². The van der Waals surface area contributed by atoms with Crippen LogP contribution in [0, 0.1) is 11.8 Å². The Morgan fingerprint density at radius 1 is 1.36 bits per heavy atom. The van der Waals surface area contributed by atoms with Crippen LogP contribution in [0.15, 0.2) is 0 Å². The molecule has 0 heterocycles. The molecule has 1 atom stereocenters. The molecule has 1 nitrogen and oxygen atoms in total. The molecule has 1 fully saturated rings. The van der Waals surface area contributed by atoms with Gasteiger partial charge in [0.1, 0.15) is 0 Å². The van der Waals surface area contributed by atoms with Crippen molar-refractivity contribution >= 4 is 12.4 Å². The summed E-state index contributed by atoms with van der Waals surface area (Å²) in [7, 11) is 0. The summed E-state index contributed by atoms with van der Waals surface area (Å²) in [5, 5.41) is 0. The Morgan fingerprint density at radius 3 is 2.36 bits per heavy atom. The van der Waals surface area contributed by atoms with E-state index < -0.39 is 0 Å². The van der Waals surface area contributed by atoms with Gasteiger partial charge in [-0.2, -0.15) is 0 Å². The molecule has 1 aliphatic rings. The van der Waals surface area contributed by atoms with Gasteiger partial charge in [-0.1, -0.05) is 32.6 Å². The Morgan fingerprint density at radius 2 is 1.91 bits per heavy atom. The van der Waals surface area contributed by atoms with Gasteiger partial charge in [-0.25, -0.2) is 0 Å². The second-order valence-corrected chi connectivity index (χ2v) is 3.73. The summed E-state index contributed by atoms with van der Waals surface area (Å²) < 4.78 is 0. The van der Waals surface area contributed by atoms with Crippen LogP contribution >= 0.6 is 12.4 Å². The molecule has 0 spiro atoms. The van der Waals surface area contributed by atoms with Crippen LogP contribution < -0.4 is 5.73 Å². The lowest BCUT2D eigenvalue weighted by atomic mass is 9.95. The second kappa shape index (κ2) is 5.84. The Kier molecular flexibility index (Phi) is 5.98. The predicted octanol–water partition coefficient (Wildman–Crippen LogP) is 2.58. The smallest absolute Gasteiger partial charge is 0.00514 e. The predicted molar refractivity (Wildman–Crippen MR) is 52.0 cm³/mol. The van der Waals surface area contributed by atoms with Crippen LogP contribution in [0.3, 0.4) is 0 Å². The molecule has 0 radical (unpaired) electrons. The lowest BCUT2D eigenvalue weighted by Gasteiger charge is -2.13. The first kappa shape index (κ1) is 11.2. The zero-order valence-corrected chi connectivity index (χ0v) is 8.20. The molecule has 0 saturated heterocycles. The standard InChI is InChI=1S/C9H19N.ClH/c1-8(7-10)6-9-4-2-3-5-9;/h8-9H,2-7,10H2,1H3;1H. The van der Waals surface area contributed by atoms with Crippen molar-refractivity contribution in [2.24, 2.45) is 17.6 Å². The van der Waals surface area contributed by atoms with Gasteiger partial charge >= 0.3 is 0 Å². The molecule has 11 heavy (non-hydrogen) atoms.